The highest BCUT2D eigenvalue weighted by Crippen LogP contribution is 2.28. The quantitative estimate of drug-likeness (QED) is 0.599. The molecule has 0 radical (unpaired) electrons. The van der Waals surface area contributed by atoms with Crippen LogP contribution in [0.1, 0.15) is 31.9 Å². The Hall–Kier alpha value is -1.55. The molecular weight excluding hydrogens is 290 g/mol. The van der Waals surface area contributed by atoms with Gasteiger partial charge in [-0.05, 0) is 38.3 Å². The van der Waals surface area contributed by atoms with Gasteiger partial charge in [0.1, 0.15) is 11.9 Å². The number of rotatable bonds is 6. The Morgan fingerprint density at radius 1 is 1.33 bits per heavy atom. The summed E-state index contributed by atoms with van der Waals surface area (Å²) in [5.41, 5.74) is 2.69. The molecule has 0 spiro atoms. The van der Waals surface area contributed by atoms with Crippen molar-refractivity contribution in [1.82, 2.24) is 0 Å². The summed E-state index contributed by atoms with van der Waals surface area (Å²) < 4.78 is 5.04. The molecule has 0 aliphatic carbocycles. The Morgan fingerprint density at radius 2 is 2.00 bits per heavy atom. The number of amides is 1. The summed E-state index contributed by atoms with van der Waals surface area (Å²) in [6, 6.07) is 5.11. The van der Waals surface area contributed by atoms with Crippen molar-refractivity contribution in [2.75, 3.05) is 17.4 Å². The first kappa shape index (κ1) is 17.5. The van der Waals surface area contributed by atoms with Gasteiger partial charge in [-0.3, -0.25) is 9.69 Å². The summed E-state index contributed by atoms with van der Waals surface area (Å²) in [6.07, 6.45) is 0.763. The summed E-state index contributed by atoms with van der Waals surface area (Å²) >= 11 is 5.73. The van der Waals surface area contributed by atoms with E-state index in [9.17, 15) is 9.59 Å². The summed E-state index contributed by atoms with van der Waals surface area (Å²) in [5.74, 6) is -0.913. The largest absolute Gasteiger partial charge is 0.464 e. The molecule has 1 aromatic rings. The molecule has 1 atom stereocenters. The maximum absolute atomic E-state index is 12.3. The lowest BCUT2D eigenvalue weighted by Crippen LogP contribution is -2.45. The molecule has 1 aromatic carbocycles. The molecule has 0 saturated carbocycles. The predicted octanol–water partition coefficient (Wildman–Crippen LogP) is 3.08. The lowest BCUT2D eigenvalue weighted by Gasteiger charge is -2.30. The predicted molar refractivity (Wildman–Crippen MR) is 84.9 cm³/mol. The standard InChI is InChI=1S/C16H22ClNO3/c1-5-13-9-7-8-11(3)15(13)18(14(19)10-17)12(4)16(20)21-6-2/h7-9,12H,5-6,10H2,1-4H3. The van der Waals surface area contributed by atoms with E-state index < -0.39 is 12.0 Å². The maximum atomic E-state index is 12.3. The smallest absolute Gasteiger partial charge is 0.328 e. The number of ether oxygens (including phenoxy) is 1. The summed E-state index contributed by atoms with van der Waals surface area (Å²) in [5, 5.41) is 0. The zero-order valence-electron chi connectivity index (χ0n) is 13.0. The van der Waals surface area contributed by atoms with Crippen LogP contribution < -0.4 is 4.90 Å². The van der Waals surface area contributed by atoms with Gasteiger partial charge in [0.25, 0.3) is 0 Å². The molecule has 1 rings (SSSR count). The second kappa shape index (κ2) is 8.03. The summed E-state index contributed by atoms with van der Waals surface area (Å²) in [4.78, 5) is 25.8. The molecule has 21 heavy (non-hydrogen) atoms. The van der Waals surface area contributed by atoms with Gasteiger partial charge in [-0.25, -0.2) is 4.79 Å². The zero-order valence-corrected chi connectivity index (χ0v) is 13.7. The number of esters is 1. The van der Waals surface area contributed by atoms with E-state index in [4.69, 9.17) is 16.3 Å². The van der Waals surface area contributed by atoms with Crippen LogP contribution in [-0.2, 0) is 20.7 Å². The summed E-state index contributed by atoms with van der Waals surface area (Å²) in [6.45, 7) is 7.61. The van der Waals surface area contributed by atoms with E-state index >= 15 is 0 Å². The Balaban J connectivity index is 3.33. The van der Waals surface area contributed by atoms with E-state index in [0.717, 1.165) is 23.2 Å². The number of hydrogen-bond donors (Lipinski definition) is 0. The molecule has 1 unspecified atom stereocenters. The molecule has 1 amide bonds. The van der Waals surface area contributed by atoms with Gasteiger partial charge >= 0.3 is 5.97 Å². The molecule has 0 bridgehead atoms. The fourth-order valence-electron chi connectivity index (χ4n) is 2.32. The van der Waals surface area contributed by atoms with Gasteiger partial charge in [0.15, 0.2) is 0 Å². The van der Waals surface area contributed by atoms with E-state index in [0.29, 0.717) is 0 Å². The van der Waals surface area contributed by atoms with Crippen LogP contribution in [0.4, 0.5) is 5.69 Å². The summed E-state index contributed by atoms with van der Waals surface area (Å²) in [7, 11) is 0. The van der Waals surface area contributed by atoms with E-state index in [1.165, 1.54) is 4.90 Å². The molecule has 0 aliphatic rings. The molecule has 0 aliphatic heterocycles. The van der Waals surface area contributed by atoms with Gasteiger partial charge in [0.05, 0.1) is 12.3 Å². The number of halogens is 1. The van der Waals surface area contributed by atoms with Crippen molar-refractivity contribution in [1.29, 1.82) is 0 Å². The fraction of sp³-hybridized carbons (Fsp3) is 0.500. The number of aryl methyl sites for hydroxylation is 2. The number of carbonyl (C=O) groups excluding carboxylic acids is 2. The van der Waals surface area contributed by atoms with Crippen molar-refractivity contribution >= 4 is 29.2 Å². The van der Waals surface area contributed by atoms with Crippen molar-refractivity contribution in [3.63, 3.8) is 0 Å². The van der Waals surface area contributed by atoms with Crippen LogP contribution in [0.5, 0.6) is 0 Å². The third-order valence-electron chi connectivity index (χ3n) is 3.34. The average molecular weight is 312 g/mol. The van der Waals surface area contributed by atoms with Crippen LogP contribution in [0.2, 0.25) is 0 Å². The van der Waals surface area contributed by atoms with Crippen LogP contribution in [0.3, 0.4) is 0 Å². The Bertz CT molecular complexity index is 516. The molecule has 116 valence electrons. The fourth-order valence-corrected chi connectivity index (χ4v) is 2.45. The van der Waals surface area contributed by atoms with Crippen LogP contribution in [0.25, 0.3) is 0 Å². The van der Waals surface area contributed by atoms with Gasteiger partial charge < -0.3 is 4.74 Å². The van der Waals surface area contributed by atoms with Crippen molar-refractivity contribution < 1.29 is 14.3 Å². The highest BCUT2D eigenvalue weighted by atomic mass is 35.5. The van der Waals surface area contributed by atoms with Gasteiger partial charge in [0, 0.05) is 0 Å². The minimum atomic E-state index is -0.706. The molecule has 5 heteroatoms. The topological polar surface area (TPSA) is 46.6 Å². The van der Waals surface area contributed by atoms with Gasteiger partial charge in [-0.15, -0.1) is 11.6 Å². The maximum Gasteiger partial charge on any atom is 0.328 e. The Kier molecular flexibility index (Phi) is 6.69. The highest BCUT2D eigenvalue weighted by molar-refractivity contribution is 6.30. The molecular formula is C16H22ClNO3. The van der Waals surface area contributed by atoms with E-state index in [2.05, 4.69) is 0 Å². The third kappa shape index (κ3) is 3.97. The third-order valence-corrected chi connectivity index (χ3v) is 3.57. The van der Waals surface area contributed by atoms with E-state index in [1.54, 1.807) is 13.8 Å². The first-order chi connectivity index (χ1) is 9.97. The molecule has 4 nitrogen and oxygen atoms in total. The number of nitrogens with zero attached hydrogens (tertiary/aromatic N) is 1. The monoisotopic (exact) mass is 311 g/mol. The molecule has 0 saturated heterocycles. The van der Waals surface area contributed by atoms with Crippen molar-refractivity contribution in [3.05, 3.63) is 29.3 Å². The van der Waals surface area contributed by atoms with Crippen molar-refractivity contribution in [3.8, 4) is 0 Å². The number of benzene rings is 1. The van der Waals surface area contributed by atoms with Crippen LogP contribution >= 0.6 is 11.6 Å². The number of para-hydroxylation sites is 1. The average Bonchev–Trinajstić information content (AvgIpc) is 2.48. The van der Waals surface area contributed by atoms with Crippen LogP contribution in [0, 0.1) is 6.92 Å². The minimum absolute atomic E-state index is 0.179. The molecule has 0 fully saturated rings. The van der Waals surface area contributed by atoms with Crippen molar-refractivity contribution in [2.24, 2.45) is 0 Å². The Labute approximate surface area is 131 Å². The van der Waals surface area contributed by atoms with Crippen LogP contribution in [-0.4, -0.2) is 30.4 Å². The first-order valence-electron chi connectivity index (χ1n) is 7.11. The highest BCUT2D eigenvalue weighted by Gasteiger charge is 2.30. The molecule has 0 heterocycles. The number of alkyl halides is 1. The first-order valence-corrected chi connectivity index (χ1v) is 7.64. The normalized spacial score (nSPS) is 11.9. The van der Waals surface area contributed by atoms with Crippen molar-refractivity contribution in [2.45, 2.75) is 40.2 Å². The van der Waals surface area contributed by atoms with Gasteiger partial charge in [-0.1, -0.05) is 25.1 Å². The van der Waals surface area contributed by atoms with E-state index in [-0.39, 0.29) is 18.4 Å². The zero-order chi connectivity index (χ0) is 16.0. The molecule has 0 aromatic heterocycles. The second-order valence-corrected chi connectivity index (χ2v) is 5.03. The van der Waals surface area contributed by atoms with E-state index in [1.807, 2.05) is 32.0 Å². The second-order valence-electron chi connectivity index (χ2n) is 4.76. The molecule has 0 N–H and O–H groups in total. The number of anilines is 1. The van der Waals surface area contributed by atoms with Crippen LogP contribution in [0.15, 0.2) is 18.2 Å². The SMILES string of the molecule is CCOC(=O)C(C)N(C(=O)CCl)c1c(C)cccc1CC. The Morgan fingerprint density at radius 3 is 2.52 bits per heavy atom. The lowest BCUT2D eigenvalue weighted by molar-refractivity contribution is -0.145. The number of hydrogen-bond acceptors (Lipinski definition) is 3. The minimum Gasteiger partial charge on any atom is -0.464 e. The van der Waals surface area contributed by atoms with Gasteiger partial charge in [-0.2, -0.15) is 0 Å². The van der Waals surface area contributed by atoms with Gasteiger partial charge in [0.2, 0.25) is 5.91 Å². The number of carbonyl (C=O) groups is 2. The lowest BCUT2D eigenvalue weighted by atomic mass is 10.0.